The molecule has 2 rings (SSSR count). The maximum Gasteiger partial charge on any atom is 0.407 e. The van der Waals surface area contributed by atoms with E-state index in [0.717, 1.165) is 0 Å². The predicted octanol–water partition coefficient (Wildman–Crippen LogP) is 3.81. The molecule has 0 spiro atoms. The molecule has 0 saturated carbocycles. The number of nitrogens with zero attached hydrogens (tertiary/aromatic N) is 2. The summed E-state index contributed by atoms with van der Waals surface area (Å²) < 4.78 is 19.7. The lowest BCUT2D eigenvalue weighted by Crippen LogP contribution is -2.59. The van der Waals surface area contributed by atoms with Crippen LogP contribution in [-0.4, -0.2) is 48.9 Å². The number of rotatable bonds is 2. The fourth-order valence-electron chi connectivity index (χ4n) is 2.90. The van der Waals surface area contributed by atoms with E-state index in [1.54, 1.807) is 6.07 Å². The number of halogens is 2. The van der Waals surface area contributed by atoms with Crippen molar-refractivity contribution in [1.82, 2.24) is 4.90 Å². The Morgan fingerprint density at radius 1 is 1.39 bits per heavy atom. The largest absolute Gasteiger partial charge is 0.495 e. The monoisotopic (exact) mass is 388 g/mol. The summed E-state index contributed by atoms with van der Waals surface area (Å²) in [4.78, 5) is 15.0. The van der Waals surface area contributed by atoms with Crippen molar-refractivity contribution < 1.29 is 19.0 Å². The van der Waals surface area contributed by atoms with Crippen LogP contribution in [0.4, 0.5) is 14.9 Å². The van der Waals surface area contributed by atoms with Crippen LogP contribution in [0.25, 0.3) is 0 Å². The summed E-state index contributed by atoms with van der Waals surface area (Å²) in [6.07, 6.45) is -0.918. The molecule has 1 heterocycles. The highest BCUT2D eigenvalue weighted by molar-refractivity contribution is 9.10. The van der Waals surface area contributed by atoms with Gasteiger partial charge in [0.1, 0.15) is 11.6 Å². The van der Waals surface area contributed by atoms with E-state index >= 15 is 0 Å². The molecule has 1 aromatic carbocycles. The van der Waals surface area contributed by atoms with Crippen molar-refractivity contribution in [1.29, 1.82) is 0 Å². The van der Waals surface area contributed by atoms with Crippen LogP contribution in [0.3, 0.4) is 0 Å². The Morgan fingerprint density at radius 3 is 2.57 bits per heavy atom. The third kappa shape index (κ3) is 3.71. The van der Waals surface area contributed by atoms with E-state index in [0.29, 0.717) is 35.5 Å². The first-order chi connectivity index (χ1) is 10.6. The fourth-order valence-corrected chi connectivity index (χ4v) is 3.22. The molecule has 1 saturated heterocycles. The molecular formula is C16H22BrFN2O3. The van der Waals surface area contributed by atoms with Gasteiger partial charge in [0.25, 0.3) is 0 Å². The zero-order valence-corrected chi connectivity index (χ0v) is 15.4. The molecule has 7 heteroatoms. The molecule has 5 nitrogen and oxygen atoms in total. The quantitative estimate of drug-likeness (QED) is 0.836. The molecule has 1 N–H and O–H groups in total. The van der Waals surface area contributed by atoms with Crippen molar-refractivity contribution in [2.24, 2.45) is 5.41 Å². The summed E-state index contributed by atoms with van der Waals surface area (Å²) in [5, 5.41) is 9.43. The molecule has 23 heavy (non-hydrogen) atoms. The smallest absolute Gasteiger partial charge is 0.407 e. The first-order valence-electron chi connectivity index (χ1n) is 7.42. The van der Waals surface area contributed by atoms with Gasteiger partial charge in [-0.1, -0.05) is 20.8 Å². The van der Waals surface area contributed by atoms with Crippen LogP contribution < -0.4 is 9.64 Å². The average molecular weight is 389 g/mol. The second-order valence-electron chi connectivity index (χ2n) is 6.74. The second-order valence-corrected chi connectivity index (χ2v) is 7.60. The molecule has 128 valence electrons. The number of ether oxygens (including phenoxy) is 1. The Hall–Kier alpha value is -1.50. The molecule has 0 aromatic heterocycles. The standard InChI is InChI=1S/C16H22BrFN2O3/c1-16(2,3)14-9-19(5-6-20(14)15(21)22)12-8-11(18)10(17)7-13(12)23-4/h7-8,14H,5-6,9H2,1-4H3,(H,21,22). The van der Waals surface area contributed by atoms with Crippen molar-refractivity contribution in [3.8, 4) is 5.75 Å². The Labute approximate surface area is 144 Å². The number of piperazine rings is 1. The van der Waals surface area contributed by atoms with E-state index in [4.69, 9.17) is 4.74 Å². The van der Waals surface area contributed by atoms with Crippen LogP contribution in [0.1, 0.15) is 20.8 Å². The van der Waals surface area contributed by atoms with Crippen molar-refractivity contribution >= 4 is 27.7 Å². The van der Waals surface area contributed by atoms with E-state index in [-0.39, 0.29) is 17.3 Å². The predicted molar refractivity (Wildman–Crippen MR) is 90.8 cm³/mol. The van der Waals surface area contributed by atoms with Gasteiger partial charge in [-0.05, 0) is 27.4 Å². The first kappa shape index (κ1) is 17.8. The normalized spacial score (nSPS) is 19.0. The van der Waals surface area contributed by atoms with E-state index in [1.807, 2.05) is 25.7 Å². The van der Waals surface area contributed by atoms with Gasteiger partial charge in [-0.15, -0.1) is 0 Å². The van der Waals surface area contributed by atoms with E-state index in [9.17, 15) is 14.3 Å². The van der Waals surface area contributed by atoms with Gasteiger partial charge in [-0.2, -0.15) is 0 Å². The number of methoxy groups -OCH3 is 1. The van der Waals surface area contributed by atoms with E-state index in [1.165, 1.54) is 18.1 Å². The van der Waals surface area contributed by atoms with Gasteiger partial charge >= 0.3 is 6.09 Å². The Morgan fingerprint density at radius 2 is 2.04 bits per heavy atom. The molecule has 1 aliphatic rings. The number of amides is 1. The number of anilines is 1. The number of hydrogen-bond donors (Lipinski definition) is 1. The summed E-state index contributed by atoms with van der Waals surface area (Å²) in [6, 6.07) is 2.84. The first-order valence-corrected chi connectivity index (χ1v) is 8.22. The highest BCUT2D eigenvalue weighted by atomic mass is 79.9. The van der Waals surface area contributed by atoms with Gasteiger partial charge < -0.3 is 19.6 Å². The van der Waals surface area contributed by atoms with Crippen molar-refractivity contribution in [2.75, 3.05) is 31.6 Å². The van der Waals surface area contributed by atoms with Crippen molar-refractivity contribution in [2.45, 2.75) is 26.8 Å². The average Bonchev–Trinajstić information content (AvgIpc) is 2.48. The third-order valence-corrected chi connectivity index (χ3v) is 4.80. The summed E-state index contributed by atoms with van der Waals surface area (Å²) in [5.74, 6) is 0.198. The highest BCUT2D eigenvalue weighted by Crippen LogP contribution is 2.36. The van der Waals surface area contributed by atoms with Gasteiger partial charge in [-0.25, -0.2) is 9.18 Å². The summed E-state index contributed by atoms with van der Waals surface area (Å²) in [7, 11) is 1.54. The summed E-state index contributed by atoms with van der Waals surface area (Å²) in [5.41, 5.74) is 0.422. The van der Waals surface area contributed by atoms with Crippen molar-refractivity contribution in [3.05, 3.63) is 22.4 Å². The molecule has 0 aliphatic carbocycles. The molecule has 1 amide bonds. The lowest BCUT2D eigenvalue weighted by atomic mass is 9.84. The van der Waals surface area contributed by atoms with Crippen molar-refractivity contribution in [3.63, 3.8) is 0 Å². The van der Waals surface area contributed by atoms with Crippen LogP contribution >= 0.6 is 15.9 Å². The molecule has 1 aromatic rings. The summed E-state index contributed by atoms with van der Waals surface area (Å²) in [6.45, 7) is 7.39. The minimum atomic E-state index is -0.918. The Bertz CT molecular complexity index is 604. The van der Waals surface area contributed by atoms with Gasteiger partial charge in [-0.3, -0.25) is 0 Å². The maximum atomic E-state index is 14.0. The Kier molecular flexibility index (Phi) is 5.08. The SMILES string of the molecule is COc1cc(Br)c(F)cc1N1CCN(C(=O)O)C(C(C)(C)C)C1. The summed E-state index contributed by atoms with van der Waals surface area (Å²) >= 11 is 3.16. The zero-order chi connectivity index (χ0) is 17.4. The molecule has 1 aliphatic heterocycles. The number of carboxylic acid groups (broad SMARTS) is 1. The van der Waals surface area contributed by atoms with Gasteiger partial charge in [0.15, 0.2) is 0 Å². The molecule has 0 bridgehead atoms. The molecule has 0 radical (unpaired) electrons. The second kappa shape index (κ2) is 6.55. The minimum Gasteiger partial charge on any atom is -0.495 e. The fraction of sp³-hybridized carbons (Fsp3) is 0.562. The zero-order valence-electron chi connectivity index (χ0n) is 13.8. The lowest BCUT2D eigenvalue weighted by Gasteiger charge is -2.46. The highest BCUT2D eigenvalue weighted by Gasteiger charge is 2.38. The number of hydrogen-bond acceptors (Lipinski definition) is 3. The van der Waals surface area contributed by atoms with Gasteiger partial charge in [0.2, 0.25) is 0 Å². The topological polar surface area (TPSA) is 53.0 Å². The molecule has 1 unspecified atom stereocenters. The maximum absolute atomic E-state index is 14.0. The van der Waals surface area contributed by atoms with Crippen LogP contribution in [-0.2, 0) is 0 Å². The number of carbonyl (C=O) groups is 1. The van der Waals surface area contributed by atoms with E-state index in [2.05, 4.69) is 15.9 Å². The molecular weight excluding hydrogens is 367 g/mol. The molecule has 1 fully saturated rings. The van der Waals surface area contributed by atoms with Crippen LogP contribution in [0.15, 0.2) is 16.6 Å². The van der Waals surface area contributed by atoms with Crippen LogP contribution in [0.5, 0.6) is 5.75 Å². The van der Waals surface area contributed by atoms with Gasteiger partial charge in [0.05, 0.1) is 23.3 Å². The molecule has 1 atom stereocenters. The van der Waals surface area contributed by atoms with E-state index < -0.39 is 6.09 Å². The Balaban J connectivity index is 2.36. The third-order valence-electron chi connectivity index (χ3n) is 4.19. The van der Waals surface area contributed by atoms with Crippen LogP contribution in [0.2, 0.25) is 0 Å². The van der Waals surface area contributed by atoms with Gasteiger partial charge in [0, 0.05) is 25.7 Å². The lowest BCUT2D eigenvalue weighted by molar-refractivity contribution is 0.0747. The van der Waals surface area contributed by atoms with Crippen LogP contribution in [0, 0.1) is 11.2 Å². The number of benzene rings is 1. The minimum absolute atomic E-state index is 0.190.